The van der Waals surface area contributed by atoms with Crippen molar-refractivity contribution in [2.75, 3.05) is 11.9 Å². The first-order chi connectivity index (χ1) is 10.1. The topological polar surface area (TPSA) is 78.4 Å². The normalized spacial score (nSPS) is 10.2. The monoisotopic (exact) mass is 304 g/mol. The van der Waals surface area contributed by atoms with E-state index in [1.54, 1.807) is 41.9 Å². The van der Waals surface area contributed by atoms with E-state index in [9.17, 15) is 9.59 Å². The van der Waals surface area contributed by atoms with Crippen molar-refractivity contribution in [3.63, 3.8) is 0 Å². The molecule has 3 N–H and O–H groups in total. The zero-order valence-corrected chi connectivity index (χ0v) is 11.7. The van der Waals surface area contributed by atoms with E-state index in [1.807, 2.05) is 6.07 Å². The van der Waals surface area contributed by atoms with Crippen molar-refractivity contribution < 1.29 is 14.8 Å². The van der Waals surface area contributed by atoms with Gasteiger partial charge in [-0.15, -0.1) is 0 Å². The minimum atomic E-state index is -0.470. The third-order valence-corrected chi connectivity index (χ3v) is 3.01. The molecule has 21 heavy (non-hydrogen) atoms. The molecule has 5 nitrogen and oxygen atoms in total. The predicted molar refractivity (Wildman–Crippen MR) is 79.7 cm³/mol. The third-order valence-electron chi connectivity index (χ3n) is 2.78. The Balaban J connectivity index is 2.35. The molecule has 0 unspecified atom stereocenters. The van der Waals surface area contributed by atoms with Crippen LogP contribution >= 0.6 is 11.6 Å². The maximum atomic E-state index is 12.5. The van der Waals surface area contributed by atoms with Crippen LogP contribution in [-0.2, 0) is 4.79 Å². The van der Waals surface area contributed by atoms with Crippen molar-refractivity contribution in [2.45, 2.75) is 0 Å². The highest BCUT2D eigenvalue weighted by Gasteiger charge is 2.15. The van der Waals surface area contributed by atoms with Crippen molar-refractivity contribution in [2.24, 2.45) is 0 Å². The molecule has 0 atom stereocenters. The van der Waals surface area contributed by atoms with E-state index in [0.717, 1.165) is 0 Å². The molecule has 0 saturated carbocycles. The Morgan fingerprint density at radius 1 is 1.10 bits per heavy atom. The number of amides is 1. The van der Waals surface area contributed by atoms with Gasteiger partial charge in [0, 0.05) is 16.1 Å². The van der Waals surface area contributed by atoms with Crippen molar-refractivity contribution in [3.05, 3.63) is 64.7 Å². The minimum absolute atomic E-state index is 0.245. The first-order valence-corrected chi connectivity index (χ1v) is 6.55. The van der Waals surface area contributed by atoms with E-state index >= 15 is 0 Å². The summed E-state index contributed by atoms with van der Waals surface area (Å²) in [6.07, 6.45) is 0. The maximum absolute atomic E-state index is 12.5. The Bertz CT molecular complexity index is 659. The number of rotatable bonds is 5. The van der Waals surface area contributed by atoms with Gasteiger partial charge in [0.25, 0.3) is 0 Å². The largest absolute Gasteiger partial charge is 0.324 e. The average Bonchev–Trinajstić information content (AvgIpc) is 2.49. The van der Waals surface area contributed by atoms with Gasteiger partial charge < -0.3 is 10.5 Å². The fourth-order valence-corrected chi connectivity index (χ4v) is 2.00. The van der Waals surface area contributed by atoms with Crippen LogP contribution in [0.4, 0.5) is 5.69 Å². The van der Waals surface area contributed by atoms with E-state index in [1.165, 1.54) is 6.07 Å². The molecule has 6 heteroatoms. The molecule has 0 aliphatic heterocycles. The van der Waals surface area contributed by atoms with Crippen LogP contribution in [0.25, 0.3) is 0 Å². The number of hydrogen-bond acceptors (Lipinski definition) is 4. The summed E-state index contributed by atoms with van der Waals surface area (Å²) in [6.45, 7) is -0.276. The van der Waals surface area contributed by atoms with Gasteiger partial charge in [-0.3, -0.25) is 9.59 Å². The molecule has 0 aromatic heterocycles. The Hall–Kier alpha value is -2.21. The molecule has 0 saturated heterocycles. The Kier molecular flexibility index (Phi) is 5.05. The fraction of sp³-hybridized carbons (Fsp3) is 0.0667. The summed E-state index contributed by atoms with van der Waals surface area (Å²) in [4.78, 5) is 24.0. The molecule has 0 radical (unpaired) electrons. The van der Waals surface area contributed by atoms with Gasteiger partial charge in [0.05, 0.1) is 5.69 Å². The molecular weight excluding hydrogens is 292 g/mol. The summed E-state index contributed by atoms with van der Waals surface area (Å²) in [5.74, 6) is -0.715. The van der Waals surface area contributed by atoms with Gasteiger partial charge in [0.15, 0.2) is 5.78 Å². The Morgan fingerprint density at radius 2 is 1.81 bits per heavy atom. The molecular formula is C15H13ClN2O3. The summed E-state index contributed by atoms with van der Waals surface area (Å²) >= 11 is 5.93. The summed E-state index contributed by atoms with van der Waals surface area (Å²) < 4.78 is 0. The van der Waals surface area contributed by atoms with Crippen LogP contribution < -0.4 is 10.8 Å². The van der Waals surface area contributed by atoms with Crippen LogP contribution in [0.2, 0.25) is 5.02 Å². The number of halogens is 1. The zero-order chi connectivity index (χ0) is 15.2. The molecule has 0 aliphatic carbocycles. The number of carbonyl (C=O) groups excluding carboxylic acids is 2. The van der Waals surface area contributed by atoms with Gasteiger partial charge in [0.1, 0.15) is 6.54 Å². The van der Waals surface area contributed by atoms with Gasteiger partial charge in [-0.25, -0.2) is 0 Å². The molecule has 2 aromatic rings. The zero-order valence-electron chi connectivity index (χ0n) is 11.0. The first-order valence-electron chi connectivity index (χ1n) is 6.18. The lowest BCUT2D eigenvalue weighted by atomic mass is 10.0. The molecule has 108 valence electrons. The molecule has 0 spiro atoms. The number of hydrogen-bond donors (Lipinski definition) is 3. The molecule has 0 heterocycles. The van der Waals surface area contributed by atoms with Gasteiger partial charge in [0.2, 0.25) is 5.91 Å². The van der Waals surface area contributed by atoms with E-state index in [4.69, 9.17) is 16.8 Å². The second-order valence-corrected chi connectivity index (χ2v) is 4.70. The first kappa shape index (κ1) is 15.2. The van der Waals surface area contributed by atoms with E-state index in [2.05, 4.69) is 5.32 Å². The summed E-state index contributed by atoms with van der Waals surface area (Å²) in [6, 6.07) is 13.3. The van der Waals surface area contributed by atoms with E-state index in [-0.39, 0.29) is 12.3 Å². The van der Waals surface area contributed by atoms with Crippen LogP contribution in [0.1, 0.15) is 15.9 Å². The number of benzene rings is 2. The number of ketones is 1. The van der Waals surface area contributed by atoms with Crippen molar-refractivity contribution in [1.82, 2.24) is 5.48 Å². The van der Waals surface area contributed by atoms with Gasteiger partial charge in [-0.2, -0.15) is 5.48 Å². The molecule has 0 fully saturated rings. The SMILES string of the molecule is O=C(CNO)Nc1ccc(Cl)cc1C(=O)c1ccccc1. The lowest BCUT2D eigenvalue weighted by molar-refractivity contribution is -0.116. The van der Waals surface area contributed by atoms with Crippen LogP contribution in [0.3, 0.4) is 0 Å². The predicted octanol–water partition coefficient (Wildman–Crippen LogP) is 2.49. The van der Waals surface area contributed by atoms with Crippen LogP contribution in [0, 0.1) is 0 Å². The van der Waals surface area contributed by atoms with E-state index in [0.29, 0.717) is 21.8 Å². The second kappa shape index (κ2) is 6.99. The molecule has 0 bridgehead atoms. The Labute approximate surface area is 126 Å². The molecule has 0 aliphatic rings. The highest BCUT2D eigenvalue weighted by Crippen LogP contribution is 2.23. The van der Waals surface area contributed by atoms with Crippen molar-refractivity contribution >= 4 is 29.0 Å². The summed E-state index contributed by atoms with van der Waals surface area (Å²) in [5.41, 5.74) is 2.89. The van der Waals surface area contributed by atoms with Crippen molar-refractivity contribution in [1.29, 1.82) is 0 Å². The lowest BCUT2D eigenvalue weighted by Gasteiger charge is -2.11. The number of carbonyl (C=O) groups is 2. The van der Waals surface area contributed by atoms with Crippen LogP contribution in [-0.4, -0.2) is 23.4 Å². The standard InChI is InChI=1S/C15H13ClN2O3/c16-11-6-7-13(18-14(19)9-17-21)12(8-11)15(20)10-4-2-1-3-5-10/h1-8,17,21H,9H2,(H,18,19). The van der Waals surface area contributed by atoms with Crippen LogP contribution in [0.5, 0.6) is 0 Å². The second-order valence-electron chi connectivity index (χ2n) is 4.27. The quantitative estimate of drug-likeness (QED) is 0.586. The highest BCUT2D eigenvalue weighted by molar-refractivity contribution is 6.31. The van der Waals surface area contributed by atoms with Crippen molar-refractivity contribution in [3.8, 4) is 0 Å². The van der Waals surface area contributed by atoms with Gasteiger partial charge >= 0.3 is 0 Å². The summed E-state index contributed by atoms with van der Waals surface area (Å²) in [5, 5.41) is 11.5. The van der Waals surface area contributed by atoms with E-state index < -0.39 is 5.91 Å². The fourth-order valence-electron chi connectivity index (χ4n) is 1.82. The molecule has 2 rings (SSSR count). The average molecular weight is 305 g/mol. The maximum Gasteiger partial charge on any atom is 0.240 e. The molecule has 1 amide bonds. The lowest BCUT2D eigenvalue weighted by Crippen LogP contribution is -2.26. The number of hydroxylamine groups is 1. The van der Waals surface area contributed by atoms with Gasteiger partial charge in [-0.05, 0) is 18.2 Å². The molecule has 2 aromatic carbocycles. The smallest absolute Gasteiger partial charge is 0.240 e. The van der Waals surface area contributed by atoms with Gasteiger partial charge in [-0.1, -0.05) is 41.9 Å². The van der Waals surface area contributed by atoms with Crippen LogP contribution in [0.15, 0.2) is 48.5 Å². The number of anilines is 1. The highest BCUT2D eigenvalue weighted by atomic mass is 35.5. The number of nitrogens with one attached hydrogen (secondary N) is 2. The Morgan fingerprint density at radius 3 is 2.48 bits per heavy atom. The minimum Gasteiger partial charge on any atom is -0.324 e. The summed E-state index contributed by atoms with van der Waals surface area (Å²) in [7, 11) is 0. The third kappa shape index (κ3) is 3.88.